The van der Waals surface area contributed by atoms with Gasteiger partial charge in [-0.05, 0) is 48.5 Å². The maximum Gasteiger partial charge on any atom is 0.408 e. The van der Waals surface area contributed by atoms with E-state index in [9.17, 15) is 4.79 Å². The third-order valence-corrected chi connectivity index (χ3v) is 1.92. The molecule has 0 fully saturated rings. The van der Waals surface area contributed by atoms with Gasteiger partial charge in [0.25, 0.3) is 0 Å². The molecule has 0 radical (unpaired) electrons. The van der Waals surface area contributed by atoms with Gasteiger partial charge in [-0.1, -0.05) is 0 Å². The molecular weight excluding hydrogens is 371 g/mol. The first kappa shape index (κ1) is 21.6. The quantitative estimate of drug-likeness (QED) is 0.384. The van der Waals surface area contributed by atoms with E-state index in [1.165, 1.54) is 0 Å². The summed E-state index contributed by atoms with van der Waals surface area (Å²) in [5, 5.41) is 5.76. The molecule has 0 bridgehead atoms. The molecule has 0 rings (SSSR count). The zero-order valence-electron chi connectivity index (χ0n) is 13.5. The molecule has 6 nitrogen and oxygen atoms in total. The number of hydrogen-bond acceptors (Lipinski definition) is 3. The van der Waals surface area contributed by atoms with Crippen molar-refractivity contribution in [1.29, 1.82) is 0 Å². The van der Waals surface area contributed by atoms with Crippen molar-refractivity contribution in [3.8, 4) is 0 Å². The highest BCUT2D eigenvalue weighted by molar-refractivity contribution is 14.0. The van der Waals surface area contributed by atoms with Crippen LogP contribution in [0.15, 0.2) is 4.99 Å². The van der Waals surface area contributed by atoms with Gasteiger partial charge in [-0.25, -0.2) is 4.79 Å². The minimum atomic E-state index is -0.522. The summed E-state index contributed by atoms with van der Waals surface area (Å²) in [5.41, 5.74) is 4.67. The van der Waals surface area contributed by atoms with Crippen molar-refractivity contribution in [3.63, 3.8) is 0 Å². The molecule has 0 aliphatic heterocycles. The van der Waals surface area contributed by atoms with Gasteiger partial charge in [0, 0.05) is 6.04 Å². The van der Waals surface area contributed by atoms with Gasteiger partial charge < -0.3 is 21.1 Å². The Morgan fingerprint density at radius 3 is 2.15 bits per heavy atom. The second-order valence-corrected chi connectivity index (χ2v) is 6.51. The first-order chi connectivity index (χ1) is 8.41. The molecule has 0 saturated heterocycles. The van der Waals surface area contributed by atoms with Crippen molar-refractivity contribution in [3.05, 3.63) is 0 Å². The van der Waals surface area contributed by atoms with E-state index in [0.717, 1.165) is 0 Å². The smallest absolute Gasteiger partial charge is 0.408 e. The third kappa shape index (κ3) is 12.3. The Balaban J connectivity index is 0. The fraction of sp³-hybridized carbons (Fsp3) is 0.846. The van der Waals surface area contributed by atoms with Crippen molar-refractivity contribution in [2.45, 2.75) is 65.6 Å². The van der Waals surface area contributed by atoms with E-state index in [-0.39, 0.29) is 30.0 Å². The maximum atomic E-state index is 11.7. The van der Waals surface area contributed by atoms with Crippen LogP contribution >= 0.6 is 24.0 Å². The van der Waals surface area contributed by atoms with E-state index in [1.807, 2.05) is 48.5 Å². The van der Waals surface area contributed by atoms with Gasteiger partial charge in [-0.15, -0.1) is 24.0 Å². The Morgan fingerprint density at radius 1 is 1.25 bits per heavy atom. The van der Waals surface area contributed by atoms with Crippen LogP contribution in [0.1, 0.15) is 48.5 Å². The summed E-state index contributed by atoms with van der Waals surface area (Å²) in [6.07, 6.45) is -0.455. The van der Waals surface area contributed by atoms with Crippen molar-refractivity contribution < 1.29 is 9.53 Å². The van der Waals surface area contributed by atoms with Crippen LogP contribution in [0.2, 0.25) is 0 Å². The Hall–Kier alpha value is -0.730. The summed E-state index contributed by atoms with van der Waals surface area (Å²) >= 11 is 0. The lowest BCUT2D eigenvalue weighted by Gasteiger charge is -2.27. The molecule has 0 saturated carbocycles. The molecule has 0 aliphatic carbocycles. The number of halogens is 1. The summed E-state index contributed by atoms with van der Waals surface area (Å²) in [7, 11) is 0. The minimum Gasteiger partial charge on any atom is -0.444 e. The molecule has 1 amide bonds. The van der Waals surface area contributed by atoms with E-state index in [4.69, 9.17) is 10.5 Å². The maximum absolute atomic E-state index is 11.7. The number of aliphatic imine (C=N–C) groups is 1. The van der Waals surface area contributed by atoms with Crippen molar-refractivity contribution in [2.75, 3.05) is 6.54 Å². The lowest BCUT2D eigenvalue weighted by atomic mass is 10.1. The molecule has 0 aromatic heterocycles. The van der Waals surface area contributed by atoms with Gasteiger partial charge in [0.1, 0.15) is 5.60 Å². The fourth-order valence-corrected chi connectivity index (χ4v) is 1.24. The summed E-state index contributed by atoms with van der Waals surface area (Å²) in [4.78, 5) is 15.9. The van der Waals surface area contributed by atoms with Gasteiger partial charge >= 0.3 is 6.09 Å². The standard InChI is InChI=1S/C13H28N4O2.HI/c1-9(2)16-10(14)15-8-13(6,7)17-11(18)19-12(3,4)5;/h9H,8H2,1-7H3,(H,17,18)(H3,14,15,16);1H. The summed E-state index contributed by atoms with van der Waals surface area (Å²) in [5.74, 6) is 0.370. The molecule has 0 unspecified atom stereocenters. The normalized spacial score (nSPS) is 12.7. The van der Waals surface area contributed by atoms with Crippen molar-refractivity contribution in [2.24, 2.45) is 10.7 Å². The lowest BCUT2D eigenvalue weighted by Crippen LogP contribution is -2.48. The van der Waals surface area contributed by atoms with E-state index in [0.29, 0.717) is 12.5 Å². The Bertz CT molecular complexity index is 336. The molecule has 120 valence electrons. The number of alkyl carbamates (subject to hydrolysis) is 1. The van der Waals surface area contributed by atoms with E-state index < -0.39 is 17.2 Å². The number of nitrogens with one attached hydrogen (secondary N) is 2. The molecule has 20 heavy (non-hydrogen) atoms. The Labute approximate surface area is 139 Å². The molecule has 0 heterocycles. The highest BCUT2D eigenvalue weighted by Gasteiger charge is 2.24. The second-order valence-electron chi connectivity index (χ2n) is 6.51. The topological polar surface area (TPSA) is 88.7 Å². The Kier molecular flexibility index (Phi) is 9.20. The zero-order chi connectivity index (χ0) is 15.3. The first-order valence-corrected chi connectivity index (χ1v) is 6.49. The SMILES string of the molecule is CC(C)NC(N)=NCC(C)(C)NC(=O)OC(C)(C)C.I. The molecule has 0 atom stereocenters. The number of nitrogens with zero attached hydrogens (tertiary/aromatic N) is 1. The Morgan fingerprint density at radius 2 is 1.75 bits per heavy atom. The molecule has 0 aromatic carbocycles. The lowest BCUT2D eigenvalue weighted by molar-refractivity contribution is 0.0476. The van der Waals surface area contributed by atoms with Gasteiger partial charge in [0.2, 0.25) is 0 Å². The van der Waals surface area contributed by atoms with Crippen molar-refractivity contribution >= 4 is 36.0 Å². The summed E-state index contributed by atoms with van der Waals surface area (Å²) in [6, 6.07) is 0.227. The summed E-state index contributed by atoms with van der Waals surface area (Å²) < 4.78 is 5.20. The van der Waals surface area contributed by atoms with Crippen molar-refractivity contribution in [1.82, 2.24) is 10.6 Å². The minimum absolute atomic E-state index is 0. The highest BCUT2D eigenvalue weighted by Crippen LogP contribution is 2.09. The number of nitrogens with two attached hydrogens (primary N) is 1. The molecule has 7 heteroatoms. The number of ether oxygens (including phenoxy) is 1. The van der Waals surface area contributed by atoms with Gasteiger partial charge in [-0.2, -0.15) is 0 Å². The predicted octanol–water partition coefficient (Wildman–Crippen LogP) is 2.22. The highest BCUT2D eigenvalue weighted by atomic mass is 127. The van der Waals surface area contributed by atoms with Gasteiger partial charge in [-0.3, -0.25) is 4.99 Å². The van der Waals surface area contributed by atoms with Crippen LogP contribution in [0.25, 0.3) is 0 Å². The number of carbonyl (C=O) groups is 1. The number of hydrogen-bond donors (Lipinski definition) is 3. The molecule has 4 N–H and O–H groups in total. The van der Waals surface area contributed by atoms with Crippen LogP contribution in [-0.4, -0.2) is 35.8 Å². The molecular formula is C13H29IN4O2. The number of carbonyl (C=O) groups excluding carboxylic acids is 1. The van der Waals surface area contributed by atoms with Gasteiger partial charge in [0.05, 0.1) is 12.1 Å². The van der Waals surface area contributed by atoms with Crippen LogP contribution in [-0.2, 0) is 4.74 Å². The van der Waals surface area contributed by atoms with E-state index in [1.54, 1.807) is 0 Å². The van der Waals surface area contributed by atoms with Crippen LogP contribution in [0.4, 0.5) is 4.79 Å². The third-order valence-electron chi connectivity index (χ3n) is 1.92. The molecule has 0 aliphatic rings. The predicted molar refractivity (Wildman–Crippen MR) is 93.6 cm³/mol. The zero-order valence-corrected chi connectivity index (χ0v) is 15.9. The summed E-state index contributed by atoms with van der Waals surface area (Å²) in [6.45, 7) is 13.5. The number of rotatable bonds is 4. The van der Waals surface area contributed by atoms with Crippen LogP contribution in [0.5, 0.6) is 0 Å². The monoisotopic (exact) mass is 400 g/mol. The largest absolute Gasteiger partial charge is 0.444 e. The van der Waals surface area contributed by atoms with Crippen LogP contribution in [0.3, 0.4) is 0 Å². The van der Waals surface area contributed by atoms with Gasteiger partial charge in [0.15, 0.2) is 5.96 Å². The first-order valence-electron chi connectivity index (χ1n) is 6.49. The molecule has 0 spiro atoms. The second kappa shape index (κ2) is 8.53. The average molecular weight is 400 g/mol. The van der Waals surface area contributed by atoms with E-state index >= 15 is 0 Å². The van der Waals surface area contributed by atoms with Crippen LogP contribution < -0.4 is 16.4 Å². The number of amides is 1. The van der Waals surface area contributed by atoms with E-state index in [2.05, 4.69) is 15.6 Å². The van der Waals surface area contributed by atoms with Crippen LogP contribution in [0, 0.1) is 0 Å². The average Bonchev–Trinajstić information content (AvgIpc) is 2.09. The number of guanidine groups is 1. The fourth-order valence-electron chi connectivity index (χ4n) is 1.24. The molecule has 0 aromatic rings.